The van der Waals surface area contributed by atoms with E-state index in [4.69, 9.17) is 5.11 Å². The Morgan fingerprint density at radius 2 is 2.31 bits per heavy atom. The fraction of sp³-hybridized carbons (Fsp3) is 0.417. The lowest BCUT2D eigenvalue weighted by Crippen LogP contribution is -2.12. The molecule has 0 bridgehead atoms. The van der Waals surface area contributed by atoms with Gasteiger partial charge in [-0.25, -0.2) is 0 Å². The SMILES string of the molecule is CN1CCc2cc([C@H](O)CC(=O)O)ccc21. The number of hydrogen-bond acceptors (Lipinski definition) is 3. The number of carbonyl (C=O) groups is 1. The van der Waals surface area contributed by atoms with Gasteiger partial charge in [0, 0.05) is 19.3 Å². The Kier molecular flexibility index (Phi) is 2.83. The smallest absolute Gasteiger partial charge is 0.306 e. The normalized spacial score (nSPS) is 16.0. The minimum absolute atomic E-state index is 0.241. The van der Waals surface area contributed by atoms with Gasteiger partial charge in [0.15, 0.2) is 0 Å². The highest BCUT2D eigenvalue weighted by molar-refractivity contribution is 5.68. The number of rotatable bonds is 3. The van der Waals surface area contributed by atoms with Gasteiger partial charge in [-0.2, -0.15) is 0 Å². The van der Waals surface area contributed by atoms with Crippen LogP contribution in [0, 0.1) is 0 Å². The molecular formula is C12H15NO3. The third-order valence-corrected chi connectivity index (χ3v) is 2.98. The molecule has 0 saturated carbocycles. The average molecular weight is 221 g/mol. The lowest BCUT2D eigenvalue weighted by molar-refractivity contribution is -0.139. The summed E-state index contributed by atoms with van der Waals surface area (Å²) in [5.41, 5.74) is 3.05. The van der Waals surface area contributed by atoms with Gasteiger partial charge in [0.1, 0.15) is 0 Å². The summed E-state index contributed by atoms with van der Waals surface area (Å²) in [6, 6.07) is 5.66. The van der Waals surface area contributed by atoms with Crippen LogP contribution in [0.4, 0.5) is 5.69 Å². The van der Waals surface area contributed by atoms with E-state index in [1.54, 1.807) is 6.07 Å². The summed E-state index contributed by atoms with van der Waals surface area (Å²) in [6.07, 6.45) is -0.192. The van der Waals surface area contributed by atoms with Crippen LogP contribution in [0.3, 0.4) is 0 Å². The molecule has 0 unspecified atom stereocenters. The molecule has 0 saturated heterocycles. The van der Waals surface area contributed by atoms with E-state index in [9.17, 15) is 9.90 Å². The number of aliphatic hydroxyl groups is 1. The molecule has 0 spiro atoms. The molecule has 0 aromatic heterocycles. The average Bonchev–Trinajstić information content (AvgIpc) is 2.59. The number of carboxylic acids is 1. The molecule has 0 aliphatic carbocycles. The highest BCUT2D eigenvalue weighted by Crippen LogP contribution is 2.29. The Hall–Kier alpha value is -1.55. The number of likely N-dealkylation sites (N-methyl/N-ethyl adjacent to an activating group) is 1. The molecule has 86 valence electrons. The van der Waals surface area contributed by atoms with E-state index in [1.807, 2.05) is 19.2 Å². The predicted molar refractivity (Wildman–Crippen MR) is 60.6 cm³/mol. The number of fused-ring (bicyclic) bond motifs is 1. The lowest BCUT2D eigenvalue weighted by Gasteiger charge is -2.13. The maximum Gasteiger partial charge on any atom is 0.306 e. The van der Waals surface area contributed by atoms with Crippen LogP contribution in [0.1, 0.15) is 23.7 Å². The Morgan fingerprint density at radius 1 is 1.56 bits per heavy atom. The molecule has 0 radical (unpaired) electrons. The van der Waals surface area contributed by atoms with Crippen LogP contribution in [0.25, 0.3) is 0 Å². The highest BCUT2D eigenvalue weighted by Gasteiger charge is 2.18. The Labute approximate surface area is 94.1 Å². The van der Waals surface area contributed by atoms with E-state index in [2.05, 4.69) is 4.90 Å². The van der Waals surface area contributed by atoms with Gasteiger partial charge in [-0.3, -0.25) is 4.79 Å². The summed E-state index contributed by atoms with van der Waals surface area (Å²) in [4.78, 5) is 12.7. The number of carboxylic acid groups (broad SMARTS) is 1. The zero-order valence-electron chi connectivity index (χ0n) is 9.18. The van der Waals surface area contributed by atoms with E-state index in [-0.39, 0.29) is 6.42 Å². The summed E-state index contributed by atoms with van der Waals surface area (Å²) >= 11 is 0. The van der Waals surface area contributed by atoms with E-state index in [0.717, 1.165) is 13.0 Å². The van der Waals surface area contributed by atoms with Crippen molar-refractivity contribution in [1.29, 1.82) is 0 Å². The second kappa shape index (κ2) is 4.14. The van der Waals surface area contributed by atoms with Crippen molar-refractivity contribution in [2.45, 2.75) is 18.9 Å². The number of aliphatic carboxylic acids is 1. The molecule has 0 fully saturated rings. The first-order valence-electron chi connectivity index (χ1n) is 5.32. The molecule has 4 heteroatoms. The molecule has 1 aromatic rings. The molecular weight excluding hydrogens is 206 g/mol. The van der Waals surface area contributed by atoms with E-state index in [0.29, 0.717) is 5.56 Å². The van der Waals surface area contributed by atoms with E-state index < -0.39 is 12.1 Å². The van der Waals surface area contributed by atoms with Crippen LogP contribution in [-0.4, -0.2) is 29.8 Å². The zero-order chi connectivity index (χ0) is 11.7. The van der Waals surface area contributed by atoms with E-state index >= 15 is 0 Å². The Bertz CT molecular complexity index is 417. The number of hydrogen-bond donors (Lipinski definition) is 2. The first-order valence-corrected chi connectivity index (χ1v) is 5.32. The van der Waals surface area contributed by atoms with Gasteiger partial charge in [0.2, 0.25) is 0 Å². The van der Waals surface area contributed by atoms with Gasteiger partial charge >= 0.3 is 5.97 Å². The topological polar surface area (TPSA) is 60.8 Å². The molecule has 1 aliphatic rings. The third kappa shape index (κ3) is 2.02. The number of nitrogens with zero attached hydrogens (tertiary/aromatic N) is 1. The molecule has 4 nitrogen and oxygen atoms in total. The van der Waals surface area contributed by atoms with Crippen molar-refractivity contribution in [3.63, 3.8) is 0 Å². The molecule has 16 heavy (non-hydrogen) atoms. The lowest BCUT2D eigenvalue weighted by atomic mass is 10.0. The minimum atomic E-state index is -0.981. The standard InChI is InChI=1S/C12H15NO3/c1-13-5-4-8-6-9(2-3-10(8)13)11(14)7-12(15)16/h2-3,6,11,14H,4-5,7H2,1H3,(H,15,16)/t11-/m1/s1. The fourth-order valence-corrected chi connectivity index (χ4v) is 2.08. The third-order valence-electron chi connectivity index (χ3n) is 2.98. The van der Waals surface area contributed by atoms with Gasteiger partial charge < -0.3 is 15.1 Å². The van der Waals surface area contributed by atoms with E-state index in [1.165, 1.54) is 11.3 Å². The molecule has 1 aliphatic heterocycles. The summed E-state index contributed by atoms with van der Waals surface area (Å²) < 4.78 is 0. The highest BCUT2D eigenvalue weighted by atomic mass is 16.4. The van der Waals surface area contributed by atoms with Crippen molar-refractivity contribution in [2.24, 2.45) is 0 Å². The van der Waals surface area contributed by atoms with Gasteiger partial charge in [0.25, 0.3) is 0 Å². The largest absolute Gasteiger partial charge is 0.481 e. The summed E-state index contributed by atoms with van der Waals surface area (Å²) in [6.45, 7) is 0.980. The second-order valence-electron chi connectivity index (χ2n) is 4.17. The van der Waals surface area contributed by atoms with Crippen molar-refractivity contribution in [3.8, 4) is 0 Å². The van der Waals surface area contributed by atoms with Crippen LogP contribution in [0.5, 0.6) is 0 Å². The van der Waals surface area contributed by atoms with Crippen LogP contribution < -0.4 is 4.90 Å². The van der Waals surface area contributed by atoms with Crippen molar-refractivity contribution in [2.75, 3.05) is 18.5 Å². The molecule has 1 aromatic carbocycles. The van der Waals surface area contributed by atoms with Crippen LogP contribution in [0.2, 0.25) is 0 Å². The monoisotopic (exact) mass is 221 g/mol. The Morgan fingerprint density at radius 3 is 3.00 bits per heavy atom. The second-order valence-corrected chi connectivity index (χ2v) is 4.17. The molecule has 2 N–H and O–H groups in total. The van der Waals surface area contributed by atoms with Crippen molar-refractivity contribution < 1.29 is 15.0 Å². The summed E-state index contributed by atoms with van der Waals surface area (Å²) in [7, 11) is 2.03. The number of aliphatic hydroxyl groups excluding tert-OH is 1. The molecule has 0 amide bonds. The predicted octanol–water partition coefficient (Wildman–Crippen LogP) is 1.19. The first-order chi connectivity index (χ1) is 7.58. The van der Waals surface area contributed by atoms with Crippen molar-refractivity contribution in [3.05, 3.63) is 29.3 Å². The van der Waals surface area contributed by atoms with Gasteiger partial charge in [-0.15, -0.1) is 0 Å². The van der Waals surface area contributed by atoms with Crippen LogP contribution in [0.15, 0.2) is 18.2 Å². The van der Waals surface area contributed by atoms with Crippen molar-refractivity contribution >= 4 is 11.7 Å². The first kappa shape index (κ1) is 11.0. The number of anilines is 1. The Balaban J connectivity index is 2.21. The zero-order valence-corrected chi connectivity index (χ0v) is 9.18. The number of benzene rings is 1. The van der Waals surface area contributed by atoms with Gasteiger partial charge in [-0.05, 0) is 23.6 Å². The minimum Gasteiger partial charge on any atom is -0.481 e. The summed E-state index contributed by atoms with van der Waals surface area (Å²) in [5.74, 6) is -0.981. The molecule has 1 heterocycles. The fourth-order valence-electron chi connectivity index (χ4n) is 2.08. The quantitative estimate of drug-likeness (QED) is 0.804. The summed E-state index contributed by atoms with van der Waals surface area (Å²) in [5, 5.41) is 18.3. The van der Waals surface area contributed by atoms with Crippen LogP contribution in [-0.2, 0) is 11.2 Å². The van der Waals surface area contributed by atoms with Crippen molar-refractivity contribution in [1.82, 2.24) is 0 Å². The molecule has 1 atom stereocenters. The maximum atomic E-state index is 10.5. The molecule has 2 rings (SSSR count). The maximum absolute atomic E-state index is 10.5. The van der Waals surface area contributed by atoms with Crippen LogP contribution >= 0.6 is 0 Å². The van der Waals surface area contributed by atoms with Gasteiger partial charge in [-0.1, -0.05) is 12.1 Å². The van der Waals surface area contributed by atoms with Gasteiger partial charge in [0.05, 0.1) is 12.5 Å².